The van der Waals surface area contributed by atoms with Gasteiger partial charge >= 0.3 is 6.09 Å². The second-order valence-corrected chi connectivity index (χ2v) is 9.65. The molecule has 2 unspecified atom stereocenters. The minimum atomic E-state index is -0.654. The molecule has 3 atom stereocenters. The molecule has 3 heterocycles. The summed E-state index contributed by atoms with van der Waals surface area (Å²) in [5.41, 5.74) is 0.161. The number of carbonyl (C=O) groups excluding carboxylic acids is 2. The van der Waals surface area contributed by atoms with Crippen LogP contribution in [0.15, 0.2) is 12.1 Å². The average Bonchev–Trinajstić information content (AvgIpc) is 3.13. The minimum Gasteiger partial charge on any atom is -0.442 e. The van der Waals surface area contributed by atoms with Crippen molar-refractivity contribution in [1.29, 1.82) is 0 Å². The lowest BCUT2D eigenvalue weighted by molar-refractivity contribution is -0.127. The summed E-state index contributed by atoms with van der Waals surface area (Å²) in [5, 5.41) is 2.81. The zero-order valence-electron chi connectivity index (χ0n) is 16.6. The number of amides is 2. The summed E-state index contributed by atoms with van der Waals surface area (Å²) in [6, 6.07) is 2.75. The molecule has 0 radical (unpaired) electrons. The average molecular weight is 438 g/mol. The Balaban J connectivity index is 1.28. The van der Waals surface area contributed by atoms with Crippen molar-refractivity contribution in [1.82, 2.24) is 5.32 Å². The van der Waals surface area contributed by atoms with Gasteiger partial charge < -0.3 is 15.0 Å². The Kier molecular flexibility index (Phi) is 5.24. The van der Waals surface area contributed by atoms with E-state index >= 15 is 8.78 Å². The second-order valence-electron chi connectivity index (χ2n) is 8.58. The number of carbonyl (C=O) groups is 2. The second kappa shape index (κ2) is 7.90. The Morgan fingerprint density at radius 2 is 1.80 bits per heavy atom. The SMILES string of the molecule is O=C(NC[C@H]1CN(c2cc(F)c(N3C4CCC3CSC4)c(F)c2)C(=O)O1)C1CCC1. The van der Waals surface area contributed by atoms with Gasteiger partial charge in [0.1, 0.15) is 11.8 Å². The van der Waals surface area contributed by atoms with Crippen LogP contribution in [-0.2, 0) is 9.53 Å². The molecular weight excluding hydrogens is 412 g/mol. The molecule has 1 aromatic carbocycles. The Bertz CT molecular complexity index is 827. The summed E-state index contributed by atoms with van der Waals surface area (Å²) in [4.78, 5) is 27.4. The molecule has 6 nitrogen and oxygen atoms in total. The summed E-state index contributed by atoms with van der Waals surface area (Å²) in [7, 11) is 0. The van der Waals surface area contributed by atoms with E-state index in [0.717, 1.165) is 43.6 Å². The number of hydrogen-bond acceptors (Lipinski definition) is 5. The summed E-state index contributed by atoms with van der Waals surface area (Å²) >= 11 is 1.84. The number of cyclic esters (lactones) is 1. The lowest BCUT2D eigenvalue weighted by Gasteiger charge is -2.37. The van der Waals surface area contributed by atoms with Gasteiger partial charge in [-0.05, 0) is 25.7 Å². The van der Waals surface area contributed by atoms with Gasteiger partial charge in [-0.3, -0.25) is 9.69 Å². The van der Waals surface area contributed by atoms with Crippen LogP contribution in [0.2, 0.25) is 0 Å². The highest BCUT2D eigenvalue weighted by Crippen LogP contribution is 2.41. The smallest absolute Gasteiger partial charge is 0.414 e. The molecule has 4 fully saturated rings. The Morgan fingerprint density at radius 1 is 1.13 bits per heavy atom. The first kappa shape index (κ1) is 19.9. The normalized spacial score (nSPS) is 28.5. The molecule has 1 saturated carbocycles. The fourth-order valence-corrected chi connectivity index (χ4v) is 6.15. The molecule has 162 valence electrons. The summed E-state index contributed by atoms with van der Waals surface area (Å²) in [6.45, 7) is 0.350. The Labute approximate surface area is 178 Å². The number of nitrogens with zero attached hydrogens (tertiary/aromatic N) is 2. The molecule has 5 rings (SSSR count). The molecule has 3 saturated heterocycles. The molecule has 1 aliphatic carbocycles. The largest absolute Gasteiger partial charge is 0.442 e. The van der Waals surface area contributed by atoms with Gasteiger partial charge in [-0.1, -0.05) is 6.42 Å². The number of nitrogens with one attached hydrogen (secondary N) is 1. The number of hydrogen-bond donors (Lipinski definition) is 1. The van der Waals surface area contributed by atoms with Crippen molar-refractivity contribution < 1.29 is 23.1 Å². The van der Waals surface area contributed by atoms with Crippen molar-refractivity contribution in [2.75, 3.05) is 34.4 Å². The molecule has 0 spiro atoms. The van der Waals surface area contributed by atoms with E-state index in [-0.39, 0.29) is 48.4 Å². The van der Waals surface area contributed by atoms with E-state index in [1.165, 1.54) is 17.0 Å². The van der Waals surface area contributed by atoms with Crippen LogP contribution < -0.4 is 15.1 Å². The number of anilines is 2. The van der Waals surface area contributed by atoms with Crippen molar-refractivity contribution in [3.05, 3.63) is 23.8 Å². The van der Waals surface area contributed by atoms with E-state index in [2.05, 4.69) is 5.32 Å². The van der Waals surface area contributed by atoms with E-state index in [9.17, 15) is 9.59 Å². The quantitative estimate of drug-likeness (QED) is 0.766. The van der Waals surface area contributed by atoms with E-state index < -0.39 is 23.8 Å². The van der Waals surface area contributed by atoms with Gasteiger partial charge in [0, 0.05) is 41.6 Å². The monoisotopic (exact) mass is 437 g/mol. The number of benzene rings is 1. The van der Waals surface area contributed by atoms with Crippen LogP contribution in [0.3, 0.4) is 0 Å². The summed E-state index contributed by atoms with van der Waals surface area (Å²) in [6.07, 6.45) is 3.56. The number of ether oxygens (including phenoxy) is 1. The molecule has 3 aliphatic heterocycles. The topological polar surface area (TPSA) is 61.9 Å². The fourth-order valence-electron chi connectivity index (χ4n) is 4.82. The molecule has 1 N–H and O–H groups in total. The van der Waals surface area contributed by atoms with Crippen LogP contribution in [0.4, 0.5) is 25.0 Å². The highest BCUT2D eigenvalue weighted by Gasteiger charge is 2.40. The number of fused-ring (bicyclic) bond motifs is 2. The highest BCUT2D eigenvalue weighted by atomic mass is 32.2. The highest BCUT2D eigenvalue weighted by molar-refractivity contribution is 7.99. The Hall–Kier alpha value is -2.03. The van der Waals surface area contributed by atoms with Crippen LogP contribution in [0, 0.1) is 17.6 Å². The van der Waals surface area contributed by atoms with Crippen LogP contribution in [-0.4, -0.2) is 54.8 Å². The molecule has 2 amide bonds. The van der Waals surface area contributed by atoms with Crippen molar-refractivity contribution in [3.63, 3.8) is 0 Å². The zero-order chi connectivity index (χ0) is 20.8. The maximum absolute atomic E-state index is 15.0. The van der Waals surface area contributed by atoms with Gasteiger partial charge in [0.2, 0.25) is 5.91 Å². The molecule has 2 bridgehead atoms. The van der Waals surface area contributed by atoms with Gasteiger partial charge in [-0.2, -0.15) is 11.8 Å². The predicted molar refractivity (Wildman–Crippen MR) is 111 cm³/mol. The first-order chi connectivity index (χ1) is 14.5. The van der Waals surface area contributed by atoms with Gasteiger partial charge in [-0.15, -0.1) is 0 Å². The van der Waals surface area contributed by atoms with Crippen LogP contribution >= 0.6 is 11.8 Å². The third kappa shape index (κ3) is 3.50. The van der Waals surface area contributed by atoms with Crippen LogP contribution in [0.25, 0.3) is 0 Å². The van der Waals surface area contributed by atoms with Gasteiger partial charge in [-0.25, -0.2) is 13.6 Å². The van der Waals surface area contributed by atoms with Gasteiger partial charge in [0.05, 0.1) is 18.8 Å². The van der Waals surface area contributed by atoms with Crippen molar-refractivity contribution >= 4 is 35.1 Å². The summed E-state index contributed by atoms with van der Waals surface area (Å²) < 4.78 is 35.3. The summed E-state index contributed by atoms with van der Waals surface area (Å²) in [5.74, 6) is 0.490. The van der Waals surface area contributed by atoms with Gasteiger partial charge in [0.25, 0.3) is 0 Å². The molecular formula is C21H25F2N3O3S. The van der Waals surface area contributed by atoms with Gasteiger partial charge in [0.15, 0.2) is 11.6 Å². The van der Waals surface area contributed by atoms with Crippen molar-refractivity contribution in [2.24, 2.45) is 5.92 Å². The number of rotatable bonds is 5. The van der Waals surface area contributed by atoms with E-state index in [1.54, 1.807) is 0 Å². The standard InChI is InChI=1S/C21H25F2N3O3S/c22-17-6-15(7-18(23)19(17)26-13-4-5-14(26)11-30-10-13)25-9-16(29-21(25)28)8-24-20(27)12-2-1-3-12/h6-7,12-14,16H,1-5,8-11H2,(H,24,27)/t13?,14?,16-/m0/s1. The van der Waals surface area contributed by atoms with Crippen LogP contribution in [0.5, 0.6) is 0 Å². The molecule has 30 heavy (non-hydrogen) atoms. The third-order valence-electron chi connectivity index (χ3n) is 6.67. The lowest BCUT2D eigenvalue weighted by atomic mass is 9.85. The predicted octanol–water partition coefficient (Wildman–Crippen LogP) is 3.29. The zero-order valence-corrected chi connectivity index (χ0v) is 17.4. The maximum atomic E-state index is 15.0. The van der Waals surface area contributed by atoms with Crippen molar-refractivity contribution in [2.45, 2.75) is 50.3 Å². The lowest BCUT2D eigenvalue weighted by Crippen LogP contribution is -2.43. The number of halogens is 2. The molecule has 9 heteroatoms. The van der Waals surface area contributed by atoms with E-state index in [1.807, 2.05) is 16.7 Å². The fraction of sp³-hybridized carbons (Fsp3) is 0.619. The Morgan fingerprint density at radius 3 is 2.40 bits per heavy atom. The van der Waals surface area contributed by atoms with Crippen LogP contribution in [0.1, 0.15) is 32.1 Å². The third-order valence-corrected chi connectivity index (χ3v) is 7.91. The number of thioether (sulfide) groups is 1. The van der Waals surface area contributed by atoms with E-state index in [4.69, 9.17) is 4.74 Å². The molecule has 4 aliphatic rings. The maximum Gasteiger partial charge on any atom is 0.414 e. The molecule has 1 aromatic rings. The van der Waals surface area contributed by atoms with Crippen molar-refractivity contribution in [3.8, 4) is 0 Å². The first-order valence-electron chi connectivity index (χ1n) is 10.6. The first-order valence-corrected chi connectivity index (χ1v) is 11.8. The molecule has 0 aromatic heterocycles. The van der Waals surface area contributed by atoms with E-state index in [0.29, 0.717) is 0 Å². The minimum absolute atomic E-state index is 0.0171.